The number of fused-ring (bicyclic) bond motifs is 1. The highest BCUT2D eigenvalue weighted by Gasteiger charge is 2.31. The van der Waals surface area contributed by atoms with Gasteiger partial charge in [0.05, 0.1) is 48.4 Å². The SMILES string of the molecule is CC(Nc1ccn(C2CCN(C3COC3)CC2)n1)=C1C(=O)Nc2cnc(-c3cnccc3C)cc21. The summed E-state index contributed by atoms with van der Waals surface area (Å²) in [5.41, 5.74) is 5.74. The minimum absolute atomic E-state index is 0.140. The molecule has 0 bridgehead atoms. The van der Waals surface area contributed by atoms with Gasteiger partial charge in [-0.3, -0.25) is 24.3 Å². The second kappa shape index (κ2) is 8.90. The first-order valence-corrected chi connectivity index (χ1v) is 12.1. The lowest BCUT2D eigenvalue weighted by molar-refractivity contribution is -0.110. The fourth-order valence-corrected chi connectivity index (χ4v) is 5.13. The molecule has 6 heterocycles. The lowest BCUT2D eigenvalue weighted by atomic mass is 10.0. The average Bonchev–Trinajstić information content (AvgIpc) is 3.41. The molecular weight excluding hydrogens is 442 g/mol. The van der Waals surface area contributed by atoms with Crippen LogP contribution in [0.1, 0.15) is 36.9 Å². The van der Waals surface area contributed by atoms with E-state index in [1.54, 1.807) is 18.6 Å². The molecular formula is C26H29N7O2. The number of hydrogen-bond acceptors (Lipinski definition) is 7. The quantitative estimate of drug-likeness (QED) is 0.550. The number of carbonyl (C=O) groups is 1. The van der Waals surface area contributed by atoms with E-state index in [9.17, 15) is 4.79 Å². The third kappa shape index (κ3) is 4.11. The smallest absolute Gasteiger partial charge is 0.258 e. The summed E-state index contributed by atoms with van der Waals surface area (Å²) in [4.78, 5) is 24.2. The first-order chi connectivity index (χ1) is 17.1. The van der Waals surface area contributed by atoms with E-state index in [4.69, 9.17) is 9.84 Å². The maximum Gasteiger partial charge on any atom is 0.258 e. The number of nitrogens with zero attached hydrogens (tertiary/aromatic N) is 5. The van der Waals surface area contributed by atoms with Gasteiger partial charge >= 0.3 is 0 Å². The summed E-state index contributed by atoms with van der Waals surface area (Å²) < 4.78 is 7.40. The highest BCUT2D eigenvalue weighted by molar-refractivity contribution is 6.32. The predicted octanol–water partition coefficient (Wildman–Crippen LogP) is 3.48. The molecule has 3 aliphatic heterocycles. The average molecular weight is 472 g/mol. The number of pyridine rings is 2. The Morgan fingerprint density at radius 3 is 2.71 bits per heavy atom. The van der Waals surface area contributed by atoms with E-state index in [1.807, 2.05) is 38.2 Å². The number of anilines is 2. The maximum absolute atomic E-state index is 12.9. The van der Waals surface area contributed by atoms with Crippen LogP contribution >= 0.6 is 0 Å². The maximum atomic E-state index is 12.9. The van der Waals surface area contributed by atoms with Crippen LogP contribution in [0.25, 0.3) is 16.8 Å². The van der Waals surface area contributed by atoms with Gasteiger partial charge in [-0.05, 0) is 44.4 Å². The van der Waals surface area contributed by atoms with Crippen LogP contribution in [0.5, 0.6) is 0 Å². The summed E-state index contributed by atoms with van der Waals surface area (Å²) in [5.74, 6) is 0.599. The highest BCUT2D eigenvalue weighted by Crippen LogP contribution is 2.36. The Kier molecular flexibility index (Phi) is 5.58. The molecule has 0 aliphatic carbocycles. The fourth-order valence-electron chi connectivity index (χ4n) is 5.13. The Bertz CT molecular complexity index is 1300. The molecule has 0 unspecified atom stereocenters. The molecule has 6 rings (SSSR count). The fraction of sp³-hybridized carbons (Fsp3) is 0.385. The number of allylic oxidation sites excluding steroid dienone is 1. The molecule has 9 nitrogen and oxygen atoms in total. The Morgan fingerprint density at radius 2 is 1.97 bits per heavy atom. The molecule has 180 valence electrons. The van der Waals surface area contributed by atoms with E-state index in [0.29, 0.717) is 23.3 Å². The number of carbonyl (C=O) groups excluding carboxylic acids is 1. The number of hydrogen-bond donors (Lipinski definition) is 2. The minimum atomic E-state index is -0.140. The van der Waals surface area contributed by atoms with Crippen molar-refractivity contribution in [3.05, 3.63) is 59.8 Å². The third-order valence-corrected chi connectivity index (χ3v) is 7.27. The molecule has 0 saturated carbocycles. The molecule has 0 aromatic carbocycles. The molecule has 9 heteroatoms. The second-order valence-corrected chi connectivity index (χ2v) is 9.52. The largest absolute Gasteiger partial charge is 0.378 e. The number of amides is 1. The summed E-state index contributed by atoms with van der Waals surface area (Å²) in [6, 6.07) is 6.87. The number of nitrogens with one attached hydrogen (secondary N) is 2. The first kappa shape index (κ1) is 21.9. The number of likely N-dealkylation sites (tertiary alicyclic amines) is 1. The van der Waals surface area contributed by atoms with Crippen LogP contribution in [0, 0.1) is 6.92 Å². The van der Waals surface area contributed by atoms with Crippen molar-refractivity contribution in [2.75, 3.05) is 36.9 Å². The monoisotopic (exact) mass is 471 g/mol. The van der Waals surface area contributed by atoms with Crippen LogP contribution in [0.15, 0.2) is 48.7 Å². The van der Waals surface area contributed by atoms with Crippen LogP contribution in [-0.4, -0.2) is 62.9 Å². The Balaban J connectivity index is 1.21. The van der Waals surface area contributed by atoms with Crippen molar-refractivity contribution in [2.45, 2.75) is 38.8 Å². The van der Waals surface area contributed by atoms with E-state index in [0.717, 1.165) is 73.0 Å². The van der Waals surface area contributed by atoms with Gasteiger partial charge < -0.3 is 15.4 Å². The molecule has 2 fully saturated rings. The Labute approximate surface area is 204 Å². The topological polar surface area (TPSA) is 97.2 Å². The van der Waals surface area contributed by atoms with Gasteiger partial charge in [0.15, 0.2) is 5.82 Å². The van der Waals surface area contributed by atoms with Crippen molar-refractivity contribution >= 4 is 23.0 Å². The Hall–Kier alpha value is -3.56. The van der Waals surface area contributed by atoms with Gasteiger partial charge in [0, 0.05) is 54.6 Å². The third-order valence-electron chi connectivity index (χ3n) is 7.27. The summed E-state index contributed by atoms with van der Waals surface area (Å²) in [5, 5.41) is 11.1. The van der Waals surface area contributed by atoms with Crippen molar-refractivity contribution in [3.63, 3.8) is 0 Å². The molecule has 2 saturated heterocycles. The summed E-state index contributed by atoms with van der Waals surface area (Å²) >= 11 is 0. The molecule has 1 amide bonds. The van der Waals surface area contributed by atoms with Crippen molar-refractivity contribution in [1.82, 2.24) is 24.6 Å². The Morgan fingerprint density at radius 1 is 1.14 bits per heavy atom. The van der Waals surface area contributed by atoms with Crippen LogP contribution in [0.2, 0.25) is 0 Å². The molecule has 35 heavy (non-hydrogen) atoms. The van der Waals surface area contributed by atoms with Crippen LogP contribution < -0.4 is 10.6 Å². The lowest BCUT2D eigenvalue weighted by Crippen LogP contribution is -2.51. The van der Waals surface area contributed by atoms with E-state index < -0.39 is 0 Å². The van der Waals surface area contributed by atoms with Gasteiger partial charge in [0.2, 0.25) is 0 Å². The molecule has 3 aromatic heterocycles. The van der Waals surface area contributed by atoms with Gasteiger partial charge in [-0.15, -0.1) is 0 Å². The van der Waals surface area contributed by atoms with Crippen molar-refractivity contribution in [2.24, 2.45) is 0 Å². The van der Waals surface area contributed by atoms with E-state index in [-0.39, 0.29) is 5.91 Å². The molecule has 0 radical (unpaired) electrons. The number of aromatic nitrogens is 4. The predicted molar refractivity (Wildman–Crippen MR) is 134 cm³/mol. The van der Waals surface area contributed by atoms with E-state index >= 15 is 0 Å². The second-order valence-electron chi connectivity index (χ2n) is 9.52. The van der Waals surface area contributed by atoms with Crippen LogP contribution in [0.4, 0.5) is 11.5 Å². The number of rotatable bonds is 5. The first-order valence-electron chi connectivity index (χ1n) is 12.1. The molecule has 3 aromatic rings. The van der Waals surface area contributed by atoms with Gasteiger partial charge in [-0.1, -0.05) is 0 Å². The van der Waals surface area contributed by atoms with Gasteiger partial charge in [-0.25, -0.2) is 0 Å². The summed E-state index contributed by atoms with van der Waals surface area (Å²) in [6.45, 7) is 7.83. The minimum Gasteiger partial charge on any atom is -0.378 e. The number of aryl methyl sites for hydroxylation is 1. The van der Waals surface area contributed by atoms with Crippen LogP contribution in [-0.2, 0) is 9.53 Å². The van der Waals surface area contributed by atoms with E-state index in [2.05, 4.69) is 30.2 Å². The van der Waals surface area contributed by atoms with Gasteiger partial charge in [0.1, 0.15) is 0 Å². The zero-order chi connectivity index (χ0) is 23.9. The van der Waals surface area contributed by atoms with Gasteiger partial charge in [0.25, 0.3) is 5.91 Å². The van der Waals surface area contributed by atoms with Crippen molar-refractivity contribution in [1.29, 1.82) is 0 Å². The van der Waals surface area contributed by atoms with Crippen molar-refractivity contribution < 1.29 is 9.53 Å². The zero-order valence-corrected chi connectivity index (χ0v) is 20.0. The lowest BCUT2D eigenvalue weighted by Gasteiger charge is -2.41. The normalized spacial score (nSPS) is 20.3. The highest BCUT2D eigenvalue weighted by atomic mass is 16.5. The zero-order valence-electron chi connectivity index (χ0n) is 20.0. The molecule has 3 aliphatic rings. The summed E-state index contributed by atoms with van der Waals surface area (Å²) in [7, 11) is 0. The van der Waals surface area contributed by atoms with Gasteiger partial charge in [-0.2, -0.15) is 5.10 Å². The standard InChI is InChI=1S/C26H29N7O2/c1-16-3-7-27-12-21(16)22-11-20-23(13-28-22)30-26(34)25(20)17(2)29-24-6-10-33(31-24)18-4-8-32(9-5-18)19-14-35-15-19/h3,6-7,10-13,18-19H,4-5,8-9,14-15H2,1-2H3,(H,29,31)(H,30,34). The van der Waals surface area contributed by atoms with Crippen LogP contribution in [0.3, 0.4) is 0 Å². The van der Waals surface area contributed by atoms with Crippen molar-refractivity contribution in [3.8, 4) is 11.3 Å². The molecule has 2 N–H and O–H groups in total. The van der Waals surface area contributed by atoms with E-state index in [1.165, 1.54) is 0 Å². The molecule has 0 atom stereocenters. The summed E-state index contributed by atoms with van der Waals surface area (Å²) in [6.07, 6.45) is 9.48. The number of ether oxygens (including phenoxy) is 1. The molecule has 0 spiro atoms. The number of piperidine rings is 1.